The minimum absolute atomic E-state index is 0.0598. The quantitative estimate of drug-likeness (QED) is 0.593. The van der Waals surface area contributed by atoms with Crippen molar-refractivity contribution in [3.05, 3.63) is 18.2 Å². The Hall–Kier alpha value is -1.62. The van der Waals surface area contributed by atoms with Crippen LogP contribution < -0.4 is 10.1 Å². The highest BCUT2D eigenvalue weighted by atomic mass is 32.1. The fourth-order valence-electron chi connectivity index (χ4n) is 2.51. The van der Waals surface area contributed by atoms with Crippen LogP contribution in [0.15, 0.2) is 18.2 Å². The number of aromatic nitrogens is 1. The summed E-state index contributed by atoms with van der Waals surface area (Å²) in [5.41, 5.74) is 0.891. The lowest BCUT2D eigenvalue weighted by Gasteiger charge is -2.02. The Bertz CT molecular complexity index is 625. The Balaban J connectivity index is 1.72. The zero-order valence-corrected chi connectivity index (χ0v) is 14.9. The van der Waals surface area contributed by atoms with E-state index in [1.165, 1.54) is 43.4 Å². The summed E-state index contributed by atoms with van der Waals surface area (Å²) < 4.78 is 6.23. The number of amides is 1. The van der Waals surface area contributed by atoms with Crippen molar-refractivity contribution in [2.45, 2.75) is 58.3 Å². The van der Waals surface area contributed by atoms with Gasteiger partial charge in [-0.05, 0) is 24.6 Å². The molecule has 0 aliphatic heterocycles. The maximum absolute atomic E-state index is 12.0. The van der Waals surface area contributed by atoms with Crippen molar-refractivity contribution in [3.8, 4) is 5.75 Å². The molecule has 0 saturated heterocycles. The van der Waals surface area contributed by atoms with Crippen molar-refractivity contribution >= 4 is 32.6 Å². The SMILES string of the molecule is CCCCCCCCCC(=O)Nc1nc2ccc(OC)cc2s1. The number of hydrogen-bond acceptors (Lipinski definition) is 4. The van der Waals surface area contributed by atoms with Gasteiger partial charge in [0.15, 0.2) is 5.13 Å². The van der Waals surface area contributed by atoms with Crippen LogP contribution in [0.5, 0.6) is 5.75 Å². The van der Waals surface area contributed by atoms with Crippen molar-refractivity contribution in [3.63, 3.8) is 0 Å². The van der Waals surface area contributed by atoms with Gasteiger partial charge in [-0.25, -0.2) is 4.98 Å². The smallest absolute Gasteiger partial charge is 0.226 e. The van der Waals surface area contributed by atoms with E-state index in [0.717, 1.165) is 28.8 Å². The third kappa shape index (κ3) is 5.82. The monoisotopic (exact) mass is 334 g/mol. The number of nitrogens with one attached hydrogen (secondary N) is 1. The Morgan fingerprint density at radius 3 is 2.65 bits per heavy atom. The van der Waals surface area contributed by atoms with Gasteiger partial charge in [-0.1, -0.05) is 56.8 Å². The molecule has 0 atom stereocenters. The summed E-state index contributed by atoms with van der Waals surface area (Å²) in [5.74, 6) is 0.867. The molecule has 0 bridgehead atoms. The number of benzene rings is 1. The number of ether oxygens (including phenoxy) is 1. The highest BCUT2D eigenvalue weighted by Crippen LogP contribution is 2.29. The average Bonchev–Trinajstić information content (AvgIpc) is 2.95. The summed E-state index contributed by atoms with van der Waals surface area (Å²) in [4.78, 5) is 16.4. The summed E-state index contributed by atoms with van der Waals surface area (Å²) in [7, 11) is 1.65. The first-order chi connectivity index (χ1) is 11.2. The van der Waals surface area contributed by atoms with E-state index in [9.17, 15) is 4.79 Å². The van der Waals surface area contributed by atoms with Gasteiger partial charge < -0.3 is 10.1 Å². The van der Waals surface area contributed by atoms with Crippen LogP contribution in [-0.4, -0.2) is 18.0 Å². The first-order valence-corrected chi connectivity index (χ1v) is 9.29. The Kier molecular flexibility index (Phi) is 7.33. The molecule has 2 aromatic rings. The minimum Gasteiger partial charge on any atom is -0.497 e. The summed E-state index contributed by atoms with van der Waals surface area (Å²) in [6, 6.07) is 5.74. The van der Waals surface area contributed by atoms with Crippen LogP contribution in [0.4, 0.5) is 5.13 Å². The zero-order valence-electron chi connectivity index (χ0n) is 14.1. The molecule has 1 N–H and O–H groups in total. The number of rotatable bonds is 10. The molecule has 1 aromatic heterocycles. The van der Waals surface area contributed by atoms with Crippen LogP contribution in [-0.2, 0) is 4.79 Å². The maximum atomic E-state index is 12.0. The second kappa shape index (κ2) is 9.50. The normalized spacial score (nSPS) is 10.9. The predicted molar refractivity (Wildman–Crippen MR) is 97.4 cm³/mol. The Morgan fingerprint density at radius 2 is 1.91 bits per heavy atom. The third-order valence-corrected chi connectivity index (χ3v) is 4.78. The number of thiazole rings is 1. The molecule has 0 aliphatic rings. The molecule has 5 heteroatoms. The van der Waals surface area contributed by atoms with Crippen LogP contribution in [0.1, 0.15) is 58.3 Å². The van der Waals surface area contributed by atoms with Gasteiger partial charge in [0.25, 0.3) is 0 Å². The first kappa shape index (κ1) is 17.7. The molecule has 0 radical (unpaired) electrons. The maximum Gasteiger partial charge on any atom is 0.226 e. The van der Waals surface area contributed by atoms with Gasteiger partial charge in [0.2, 0.25) is 5.91 Å². The molecule has 4 nitrogen and oxygen atoms in total. The van der Waals surface area contributed by atoms with E-state index >= 15 is 0 Å². The zero-order chi connectivity index (χ0) is 16.5. The molecule has 0 fully saturated rings. The van der Waals surface area contributed by atoms with Crippen molar-refractivity contribution < 1.29 is 9.53 Å². The molecule has 126 valence electrons. The van der Waals surface area contributed by atoms with E-state index in [4.69, 9.17) is 4.74 Å². The lowest BCUT2D eigenvalue weighted by atomic mass is 10.1. The molecule has 0 aliphatic carbocycles. The summed E-state index contributed by atoms with van der Waals surface area (Å²) in [6.07, 6.45) is 9.10. The number of fused-ring (bicyclic) bond motifs is 1. The highest BCUT2D eigenvalue weighted by Gasteiger charge is 2.08. The van der Waals surface area contributed by atoms with Gasteiger partial charge >= 0.3 is 0 Å². The van der Waals surface area contributed by atoms with Crippen LogP contribution in [0.25, 0.3) is 10.2 Å². The summed E-state index contributed by atoms with van der Waals surface area (Å²) in [5, 5.41) is 3.58. The van der Waals surface area contributed by atoms with Crippen LogP contribution in [0, 0.1) is 0 Å². The van der Waals surface area contributed by atoms with Gasteiger partial charge in [-0.3, -0.25) is 4.79 Å². The second-order valence-corrected chi connectivity index (χ2v) is 6.80. The largest absolute Gasteiger partial charge is 0.497 e. The molecular weight excluding hydrogens is 308 g/mol. The van der Waals surface area contributed by atoms with Crippen LogP contribution in [0.2, 0.25) is 0 Å². The van der Waals surface area contributed by atoms with E-state index < -0.39 is 0 Å². The van der Waals surface area contributed by atoms with E-state index in [0.29, 0.717) is 11.6 Å². The van der Waals surface area contributed by atoms with Crippen molar-refractivity contribution in [2.24, 2.45) is 0 Å². The predicted octanol–water partition coefficient (Wildman–Crippen LogP) is 5.38. The van der Waals surface area contributed by atoms with Gasteiger partial charge in [-0.2, -0.15) is 0 Å². The van der Waals surface area contributed by atoms with E-state index in [-0.39, 0.29) is 5.91 Å². The fraction of sp³-hybridized carbons (Fsp3) is 0.556. The number of carbonyl (C=O) groups is 1. The van der Waals surface area contributed by atoms with Gasteiger partial charge in [0, 0.05) is 6.42 Å². The van der Waals surface area contributed by atoms with Crippen molar-refractivity contribution in [2.75, 3.05) is 12.4 Å². The second-order valence-electron chi connectivity index (χ2n) is 5.77. The number of hydrogen-bond donors (Lipinski definition) is 1. The number of methoxy groups -OCH3 is 1. The molecule has 23 heavy (non-hydrogen) atoms. The van der Waals surface area contributed by atoms with Crippen molar-refractivity contribution in [1.29, 1.82) is 0 Å². The molecule has 0 spiro atoms. The van der Waals surface area contributed by atoms with Crippen molar-refractivity contribution in [1.82, 2.24) is 4.98 Å². The molecule has 1 aromatic carbocycles. The number of anilines is 1. The fourth-order valence-corrected chi connectivity index (χ4v) is 3.42. The highest BCUT2D eigenvalue weighted by molar-refractivity contribution is 7.22. The Morgan fingerprint density at radius 1 is 1.17 bits per heavy atom. The molecule has 1 amide bonds. The number of unbranched alkanes of at least 4 members (excludes halogenated alkanes) is 6. The number of nitrogens with zero attached hydrogens (tertiary/aromatic N) is 1. The molecular formula is C18H26N2O2S. The van der Waals surface area contributed by atoms with Crippen LogP contribution in [0.3, 0.4) is 0 Å². The summed E-state index contributed by atoms with van der Waals surface area (Å²) >= 11 is 1.48. The minimum atomic E-state index is 0.0598. The molecule has 0 saturated carbocycles. The summed E-state index contributed by atoms with van der Waals surface area (Å²) in [6.45, 7) is 2.22. The topological polar surface area (TPSA) is 51.2 Å². The van der Waals surface area contributed by atoms with E-state index in [1.54, 1.807) is 7.11 Å². The lowest BCUT2D eigenvalue weighted by molar-refractivity contribution is -0.116. The lowest BCUT2D eigenvalue weighted by Crippen LogP contribution is -2.10. The number of carbonyl (C=O) groups excluding carboxylic acids is 1. The van der Waals surface area contributed by atoms with E-state index in [2.05, 4.69) is 17.2 Å². The van der Waals surface area contributed by atoms with E-state index in [1.807, 2.05) is 18.2 Å². The molecule has 1 heterocycles. The van der Waals surface area contributed by atoms with Gasteiger partial charge in [0.1, 0.15) is 5.75 Å². The molecule has 0 unspecified atom stereocenters. The third-order valence-electron chi connectivity index (χ3n) is 3.85. The van der Waals surface area contributed by atoms with Gasteiger partial charge in [0.05, 0.1) is 17.3 Å². The average molecular weight is 334 g/mol. The molecule has 2 rings (SSSR count). The Labute approximate surface area is 142 Å². The standard InChI is InChI=1S/C18H26N2O2S/c1-3-4-5-6-7-8-9-10-17(21)20-18-19-15-12-11-14(22-2)13-16(15)23-18/h11-13H,3-10H2,1-2H3,(H,19,20,21). The van der Waals surface area contributed by atoms with Gasteiger partial charge in [-0.15, -0.1) is 0 Å². The first-order valence-electron chi connectivity index (χ1n) is 8.47. The van der Waals surface area contributed by atoms with Crippen LogP contribution >= 0.6 is 11.3 Å².